The molecule has 2 rings (SSSR count). The van der Waals surface area contributed by atoms with Crippen LogP contribution in [0.1, 0.15) is 127 Å². The fraction of sp³-hybridized carbons (Fsp3) is 0.655. The van der Waals surface area contributed by atoms with Crippen LogP contribution < -0.4 is 0 Å². The van der Waals surface area contributed by atoms with E-state index in [1.807, 2.05) is 0 Å². The van der Waals surface area contributed by atoms with E-state index < -0.39 is 0 Å². The molecule has 2 aromatic carbocycles. The summed E-state index contributed by atoms with van der Waals surface area (Å²) in [5.74, 6) is 0.665. The van der Waals surface area contributed by atoms with Crippen molar-refractivity contribution in [3.05, 3.63) is 47.5 Å². The molecule has 0 radical (unpaired) electrons. The number of unbranched alkanes of at least 4 members (excludes halogenated alkanes) is 13. The highest BCUT2D eigenvalue weighted by Crippen LogP contribution is 2.32. The molecule has 0 saturated heterocycles. The van der Waals surface area contributed by atoms with Crippen molar-refractivity contribution in [2.24, 2.45) is 0 Å². The summed E-state index contributed by atoms with van der Waals surface area (Å²) in [6, 6.07) is 13.5. The zero-order valence-electron chi connectivity index (χ0n) is 19.6. The molecule has 0 aliphatic rings. The van der Waals surface area contributed by atoms with Crippen molar-refractivity contribution in [3.8, 4) is 0 Å². The van der Waals surface area contributed by atoms with Gasteiger partial charge in [-0.15, -0.1) is 0 Å². The lowest BCUT2D eigenvalue weighted by molar-refractivity contribution is 0.524. The van der Waals surface area contributed by atoms with Gasteiger partial charge >= 0.3 is 0 Å². The molecule has 162 valence electrons. The largest absolute Gasteiger partial charge is 0.0654 e. The molecule has 0 fully saturated rings. The summed E-state index contributed by atoms with van der Waals surface area (Å²) in [5, 5.41) is 2.85. The van der Waals surface area contributed by atoms with E-state index in [-0.39, 0.29) is 0 Å². The summed E-state index contributed by atoms with van der Waals surface area (Å²) in [4.78, 5) is 0. The second-order valence-corrected chi connectivity index (χ2v) is 9.30. The van der Waals surface area contributed by atoms with Crippen LogP contribution in [0.3, 0.4) is 0 Å². The molecule has 1 atom stereocenters. The van der Waals surface area contributed by atoms with E-state index in [2.05, 4.69) is 57.2 Å². The first kappa shape index (κ1) is 24.0. The maximum atomic E-state index is 2.43. The van der Waals surface area contributed by atoms with Crippen molar-refractivity contribution in [2.45, 2.75) is 123 Å². The topological polar surface area (TPSA) is 0 Å². The monoisotopic (exact) mass is 394 g/mol. The third kappa shape index (κ3) is 8.93. The highest BCUT2D eigenvalue weighted by molar-refractivity contribution is 5.87. The van der Waals surface area contributed by atoms with Crippen molar-refractivity contribution in [1.29, 1.82) is 0 Å². The minimum Gasteiger partial charge on any atom is -0.0654 e. The smallest absolute Gasteiger partial charge is 0.0147 e. The van der Waals surface area contributed by atoms with Gasteiger partial charge in [0.1, 0.15) is 0 Å². The Morgan fingerprint density at radius 1 is 0.621 bits per heavy atom. The summed E-state index contributed by atoms with van der Waals surface area (Å²) in [6.07, 6.45) is 21.5. The van der Waals surface area contributed by atoms with Crippen LogP contribution in [-0.4, -0.2) is 0 Å². The van der Waals surface area contributed by atoms with E-state index in [9.17, 15) is 0 Å². The van der Waals surface area contributed by atoms with Gasteiger partial charge in [0.05, 0.1) is 0 Å². The van der Waals surface area contributed by atoms with Crippen molar-refractivity contribution in [2.75, 3.05) is 0 Å². The Kier molecular flexibility index (Phi) is 12.1. The fourth-order valence-electron chi connectivity index (χ4n) is 4.85. The Bertz CT molecular complexity index is 669. The molecular weight excluding hydrogens is 348 g/mol. The van der Waals surface area contributed by atoms with Gasteiger partial charge in [0, 0.05) is 0 Å². The van der Waals surface area contributed by atoms with Gasteiger partial charge in [-0.1, -0.05) is 140 Å². The predicted molar refractivity (Wildman–Crippen MR) is 132 cm³/mol. The normalized spacial score (nSPS) is 12.5. The van der Waals surface area contributed by atoms with Gasteiger partial charge < -0.3 is 0 Å². The molecule has 0 amide bonds. The molecule has 0 bridgehead atoms. The van der Waals surface area contributed by atoms with Gasteiger partial charge in [-0.05, 0) is 41.2 Å². The van der Waals surface area contributed by atoms with Crippen LogP contribution in [0.15, 0.2) is 36.4 Å². The Hall–Kier alpha value is -1.30. The Labute approximate surface area is 181 Å². The summed E-state index contributed by atoms with van der Waals surface area (Å²) < 4.78 is 0. The zero-order valence-corrected chi connectivity index (χ0v) is 19.6. The van der Waals surface area contributed by atoms with Crippen molar-refractivity contribution in [1.82, 2.24) is 0 Å². The van der Waals surface area contributed by atoms with E-state index in [1.54, 1.807) is 5.56 Å². The van der Waals surface area contributed by atoms with E-state index in [4.69, 9.17) is 0 Å². The first-order valence-electron chi connectivity index (χ1n) is 12.7. The maximum absolute atomic E-state index is 2.43. The predicted octanol–water partition coefficient (Wildman–Crippen LogP) is 10.1. The third-order valence-electron chi connectivity index (χ3n) is 6.67. The Morgan fingerprint density at radius 3 is 1.72 bits per heavy atom. The molecule has 0 aromatic heterocycles. The van der Waals surface area contributed by atoms with E-state index in [0.717, 1.165) is 0 Å². The number of aryl methyl sites for hydroxylation is 1. The van der Waals surface area contributed by atoms with Crippen LogP contribution >= 0.6 is 0 Å². The highest BCUT2D eigenvalue weighted by atomic mass is 14.2. The van der Waals surface area contributed by atoms with Crippen LogP contribution in [-0.2, 0) is 0 Å². The van der Waals surface area contributed by atoms with Crippen molar-refractivity contribution >= 4 is 10.8 Å². The first-order valence-corrected chi connectivity index (χ1v) is 12.7. The Balaban J connectivity index is 1.52. The molecule has 0 heterocycles. The van der Waals surface area contributed by atoms with Crippen LogP contribution in [0.4, 0.5) is 0 Å². The van der Waals surface area contributed by atoms with Gasteiger partial charge in [0.15, 0.2) is 0 Å². The summed E-state index contributed by atoms with van der Waals surface area (Å²) >= 11 is 0. The van der Waals surface area contributed by atoms with Crippen LogP contribution in [0.2, 0.25) is 0 Å². The van der Waals surface area contributed by atoms with Crippen LogP contribution in [0.25, 0.3) is 10.8 Å². The lowest BCUT2D eigenvalue weighted by Crippen LogP contribution is -1.98. The summed E-state index contributed by atoms with van der Waals surface area (Å²) in [5.41, 5.74) is 3.04. The van der Waals surface area contributed by atoms with Crippen LogP contribution in [0, 0.1) is 6.92 Å². The molecule has 0 aliphatic carbocycles. The van der Waals surface area contributed by atoms with Gasteiger partial charge in [-0.3, -0.25) is 0 Å². The minimum absolute atomic E-state index is 0.665. The van der Waals surface area contributed by atoms with E-state index in [1.165, 1.54) is 113 Å². The molecule has 1 unspecified atom stereocenters. The van der Waals surface area contributed by atoms with Crippen LogP contribution in [0.5, 0.6) is 0 Å². The molecule has 29 heavy (non-hydrogen) atoms. The van der Waals surface area contributed by atoms with Gasteiger partial charge in [0.25, 0.3) is 0 Å². The van der Waals surface area contributed by atoms with Crippen molar-refractivity contribution < 1.29 is 0 Å². The van der Waals surface area contributed by atoms with Gasteiger partial charge in [0.2, 0.25) is 0 Å². The first-order chi connectivity index (χ1) is 14.2. The summed E-state index contributed by atoms with van der Waals surface area (Å²) in [7, 11) is 0. The van der Waals surface area contributed by atoms with E-state index >= 15 is 0 Å². The van der Waals surface area contributed by atoms with Crippen molar-refractivity contribution in [3.63, 3.8) is 0 Å². The minimum atomic E-state index is 0.665. The zero-order chi connectivity index (χ0) is 20.7. The van der Waals surface area contributed by atoms with Gasteiger partial charge in [-0.25, -0.2) is 0 Å². The Morgan fingerprint density at radius 2 is 1.14 bits per heavy atom. The quantitative estimate of drug-likeness (QED) is 0.248. The molecule has 0 saturated carbocycles. The van der Waals surface area contributed by atoms with Gasteiger partial charge in [-0.2, -0.15) is 0 Å². The third-order valence-corrected chi connectivity index (χ3v) is 6.67. The average molecular weight is 395 g/mol. The molecule has 0 nitrogen and oxygen atoms in total. The highest BCUT2D eigenvalue weighted by Gasteiger charge is 2.12. The summed E-state index contributed by atoms with van der Waals surface area (Å²) in [6.45, 7) is 7.01. The fourth-order valence-corrected chi connectivity index (χ4v) is 4.85. The van der Waals surface area contributed by atoms with E-state index in [0.29, 0.717) is 5.92 Å². The molecule has 2 aromatic rings. The number of hydrogen-bond donors (Lipinski definition) is 0. The SMILES string of the molecule is CCCCCCCCCCCCCCCCC(C)c1c(C)ccc2ccccc12. The molecule has 0 heteroatoms. The molecule has 0 N–H and O–H groups in total. The lowest BCUT2D eigenvalue weighted by Gasteiger charge is -2.17. The number of benzene rings is 2. The number of hydrogen-bond acceptors (Lipinski definition) is 0. The number of fused-ring (bicyclic) bond motifs is 1. The average Bonchev–Trinajstić information content (AvgIpc) is 2.73. The molecule has 0 aliphatic heterocycles. The molecule has 0 spiro atoms. The maximum Gasteiger partial charge on any atom is -0.0147 e. The standard InChI is InChI=1S/C29H46/c1-4-5-6-7-8-9-10-11-12-13-14-15-16-17-20-25(2)29-26(3)23-24-27-21-18-19-22-28(27)29/h18-19,21-25H,4-17,20H2,1-3H3. The second kappa shape index (κ2) is 14.6. The lowest BCUT2D eigenvalue weighted by atomic mass is 9.87. The molecular formula is C29H46. The second-order valence-electron chi connectivity index (χ2n) is 9.30. The number of rotatable bonds is 16.